The average Bonchev–Trinajstić information content (AvgIpc) is 2.87. The molecule has 0 aliphatic heterocycles. The molecule has 6 nitrogen and oxygen atoms in total. The highest BCUT2D eigenvalue weighted by atomic mass is 16.3. The van der Waals surface area contributed by atoms with Crippen molar-refractivity contribution in [3.05, 3.63) is 23.8 Å². The van der Waals surface area contributed by atoms with Gasteiger partial charge in [-0.25, -0.2) is 0 Å². The van der Waals surface area contributed by atoms with Gasteiger partial charge in [-0.1, -0.05) is 25.5 Å². The van der Waals surface area contributed by atoms with E-state index in [1.807, 2.05) is 19.9 Å². The van der Waals surface area contributed by atoms with Gasteiger partial charge in [0.25, 0.3) is 0 Å². The minimum Gasteiger partial charge on any atom is -0.393 e. The second-order valence-corrected chi connectivity index (χ2v) is 9.50. The maximum absolute atomic E-state index is 12.4. The Kier molecular flexibility index (Phi) is 3.94. The van der Waals surface area contributed by atoms with Crippen molar-refractivity contribution in [1.82, 2.24) is 0 Å². The third-order valence-corrected chi connectivity index (χ3v) is 8.43. The van der Waals surface area contributed by atoms with Crippen LogP contribution in [-0.2, 0) is 9.59 Å². The van der Waals surface area contributed by atoms with Gasteiger partial charge in [0.1, 0.15) is 12.2 Å². The molecule has 148 valence electrons. The highest BCUT2D eigenvalue weighted by Crippen LogP contribution is 2.67. The summed E-state index contributed by atoms with van der Waals surface area (Å²) in [6.45, 7) is 3.14. The molecule has 6 heteroatoms. The van der Waals surface area contributed by atoms with Crippen LogP contribution in [0, 0.1) is 22.7 Å². The van der Waals surface area contributed by atoms with Crippen molar-refractivity contribution in [2.75, 3.05) is 6.61 Å². The molecule has 7 atom stereocenters. The molecule has 0 amide bonds. The smallest absolute Gasteiger partial charge is 0.190 e. The summed E-state index contributed by atoms with van der Waals surface area (Å²) in [5, 5.41) is 31.8. The van der Waals surface area contributed by atoms with Gasteiger partial charge in [0.15, 0.2) is 11.6 Å². The van der Waals surface area contributed by atoms with E-state index in [1.54, 1.807) is 12.2 Å². The molecular formula is C21H29NO5. The second kappa shape index (κ2) is 5.60. The number of carbonyl (C=O) groups excluding carboxylic acids is 2. The zero-order chi connectivity index (χ0) is 19.8. The van der Waals surface area contributed by atoms with Gasteiger partial charge in [-0.15, -0.1) is 0 Å². The first kappa shape index (κ1) is 19.0. The van der Waals surface area contributed by atoms with Crippen molar-refractivity contribution in [3.63, 3.8) is 0 Å². The predicted molar refractivity (Wildman–Crippen MR) is 98.5 cm³/mol. The van der Waals surface area contributed by atoms with Crippen molar-refractivity contribution in [3.8, 4) is 0 Å². The number of nitrogens with two attached hydrogens (primary N) is 1. The van der Waals surface area contributed by atoms with Crippen molar-refractivity contribution in [1.29, 1.82) is 0 Å². The van der Waals surface area contributed by atoms with E-state index in [-0.39, 0.29) is 30.5 Å². The fourth-order valence-electron chi connectivity index (χ4n) is 7.16. The summed E-state index contributed by atoms with van der Waals surface area (Å²) in [5.41, 5.74) is 4.20. The Hall–Kier alpha value is -1.34. The van der Waals surface area contributed by atoms with Gasteiger partial charge in [-0.2, -0.15) is 0 Å². The van der Waals surface area contributed by atoms with Gasteiger partial charge in [0.05, 0.1) is 6.10 Å². The predicted octanol–water partition coefficient (Wildman–Crippen LogP) is 0.639. The minimum absolute atomic E-state index is 0.0362. The molecule has 0 radical (unpaired) electrons. The zero-order valence-corrected chi connectivity index (χ0v) is 15.9. The van der Waals surface area contributed by atoms with Crippen LogP contribution in [0.25, 0.3) is 0 Å². The maximum atomic E-state index is 12.4. The van der Waals surface area contributed by atoms with Gasteiger partial charge in [0.2, 0.25) is 0 Å². The van der Waals surface area contributed by atoms with Crippen LogP contribution in [0.3, 0.4) is 0 Å². The Morgan fingerprint density at radius 1 is 1.33 bits per heavy atom. The normalized spacial score (nSPS) is 51.3. The lowest BCUT2D eigenvalue weighted by atomic mass is 9.43. The Morgan fingerprint density at radius 3 is 2.70 bits per heavy atom. The second-order valence-electron chi connectivity index (χ2n) is 9.50. The molecule has 0 aromatic rings. The molecule has 4 aliphatic rings. The molecule has 0 aromatic heterocycles. The molecule has 0 aromatic carbocycles. The number of Topliss-reactive ketones (excluding diaryl/α,β-unsaturated/α-hetero) is 1. The largest absolute Gasteiger partial charge is 0.393 e. The van der Waals surface area contributed by atoms with Crippen LogP contribution in [-0.4, -0.2) is 50.7 Å². The van der Waals surface area contributed by atoms with E-state index < -0.39 is 40.5 Å². The SMILES string of the molecule is C[C@]12C=CC(=O)C=C1CC[C@]1(N)[C@@H]2[C@@H](O)C[C@@]2(C)[C@H]1CC[C@]2(O)C(=O)CO. The van der Waals surface area contributed by atoms with Crippen LogP contribution in [0.5, 0.6) is 0 Å². The average molecular weight is 375 g/mol. The highest BCUT2D eigenvalue weighted by molar-refractivity contribution is 6.01. The van der Waals surface area contributed by atoms with Gasteiger partial charge in [-0.3, -0.25) is 9.59 Å². The zero-order valence-electron chi connectivity index (χ0n) is 15.9. The molecule has 5 N–H and O–H groups in total. The number of aliphatic hydroxyl groups excluding tert-OH is 2. The summed E-state index contributed by atoms with van der Waals surface area (Å²) < 4.78 is 0. The van der Waals surface area contributed by atoms with E-state index in [0.717, 1.165) is 5.57 Å². The molecule has 4 rings (SSSR count). The van der Waals surface area contributed by atoms with E-state index in [2.05, 4.69) is 0 Å². The van der Waals surface area contributed by atoms with Crippen molar-refractivity contribution in [2.24, 2.45) is 28.4 Å². The number of hydrogen-bond acceptors (Lipinski definition) is 6. The number of aliphatic hydroxyl groups is 3. The van der Waals surface area contributed by atoms with Crippen molar-refractivity contribution in [2.45, 2.75) is 63.2 Å². The Morgan fingerprint density at radius 2 is 2.04 bits per heavy atom. The minimum atomic E-state index is -1.67. The molecule has 0 bridgehead atoms. The lowest BCUT2D eigenvalue weighted by Crippen LogP contribution is -2.72. The molecule has 4 aliphatic carbocycles. The third-order valence-electron chi connectivity index (χ3n) is 8.43. The first-order valence-corrected chi connectivity index (χ1v) is 9.81. The van der Waals surface area contributed by atoms with Crippen LogP contribution < -0.4 is 5.73 Å². The van der Waals surface area contributed by atoms with E-state index in [4.69, 9.17) is 5.73 Å². The summed E-state index contributed by atoms with van der Waals surface area (Å²) in [4.78, 5) is 24.3. The summed E-state index contributed by atoms with van der Waals surface area (Å²) in [5.74, 6) is -1.07. The number of allylic oxidation sites excluding steroid dienone is 4. The van der Waals surface area contributed by atoms with Gasteiger partial charge in [0, 0.05) is 22.3 Å². The number of fused-ring (bicyclic) bond motifs is 5. The van der Waals surface area contributed by atoms with Crippen LogP contribution in [0.4, 0.5) is 0 Å². The molecular weight excluding hydrogens is 346 g/mol. The standard InChI is InChI=1S/C21H29NO5/c1-18-6-4-13(24)9-12(18)3-7-20(22)15-5-8-21(27,16(26)11-23)19(15,2)10-14(25)17(18)20/h4,6,9,14-15,17,23,25,27H,3,5,7-8,10-11,22H2,1-2H3/t14-,15+,17+,18-,19-,20+,21-/m0/s1. The lowest BCUT2D eigenvalue weighted by molar-refractivity contribution is -0.183. The van der Waals surface area contributed by atoms with E-state index in [0.29, 0.717) is 19.3 Å². The summed E-state index contributed by atoms with van der Waals surface area (Å²) >= 11 is 0. The topological polar surface area (TPSA) is 121 Å². The summed E-state index contributed by atoms with van der Waals surface area (Å²) in [7, 11) is 0. The van der Waals surface area contributed by atoms with E-state index >= 15 is 0 Å². The molecule has 3 fully saturated rings. The first-order valence-electron chi connectivity index (χ1n) is 9.81. The van der Waals surface area contributed by atoms with Gasteiger partial charge in [-0.05, 0) is 50.2 Å². The molecule has 0 heterocycles. The molecule has 0 saturated heterocycles. The van der Waals surface area contributed by atoms with Crippen LogP contribution in [0.2, 0.25) is 0 Å². The van der Waals surface area contributed by atoms with Crippen molar-refractivity contribution >= 4 is 11.6 Å². The van der Waals surface area contributed by atoms with Crippen LogP contribution in [0.1, 0.15) is 46.0 Å². The van der Waals surface area contributed by atoms with Gasteiger partial charge < -0.3 is 21.1 Å². The fraction of sp³-hybridized carbons (Fsp3) is 0.714. The number of hydrogen-bond donors (Lipinski definition) is 4. The quantitative estimate of drug-likeness (QED) is 0.562. The number of ketones is 2. The molecule has 3 saturated carbocycles. The van der Waals surface area contributed by atoms with Gasteiger partial charge >= 0.3 is 0 Å². The molecule has 0 spiro atoms. The maximum Gasteiger partial charge on any atom is 0.190 e. The van der Waals surface area contributed by atoms with Crippen LogP contribution >= 0.6 is 0 Å². The van der Waals surface area contributed by atoms with Crippen LogP contribution in [0.15, 0.2) is 23.8 Å². The van der Waals surface area contributed by atoms with E-state index in [9.17, 15) is 24.9 Å². The summed E-state index contributed by atoms with van der Waals surface area (Å²) in [6.07, 6.45) is 6.60. The molecule has 0 unspecified atom stereocenters. The Bertz CT molecular complexity index is 775. The number of carbonyl (C=O) groups is 2. The third kappa shape index (κ3) is 2.15. The summed E-state index contributed by atoms with van der Waals surface area (Å²) in [6, 6.07) is 0. The first-order chi connectivity index (χ1) is 12.5. The molecule has 27 heavy (non-hydrogen) atoms. The van der Waals surface area contributed by atoms with Crippen molar-refractivity contribution < 1.29 is 24.9 Å². The van der Waals surface area contributed by atoms with E-state index in [1.165, 1.54) is 0 Å². The number of rotatable bonds is 2. The Labute approximate surface area is 159 Å². The monoisotopic (exact) mass is 375 g/mol. The fourth-order valence-corrected chi connectivity index (χ4v) is 7.16. The lowest BCUT2D eigenvalue weighted by Gasteiger charge is -2.64. The Balaban J connectivity index is 1.81. The highest BCUT2D eigenvalue weighted by Gasteiger charge is 2.72.